The van der Waals surface area contributed by atoms with Crippen LogP contribution in [0.4, 0.5) is 5.82 Å². The monoisotopic (exact) mass is 234 g/mol. The van der Waals surface area contributed by atoms with E-state index in [0.717, 1.165) is 18.1 Å². The van der Waals surface area contributed by atoms with Gasteiger partial charge in [-0.15, -0.1) is 0 Å². The molecule has 0 saturated carbocycles. The maximum absolute atomic E-state index is 5.38. The van der Waals surface area contributed by atoms with Crippen molar-refractivity contribution in [1.82, 2.24) is 9.88 Å². The van der Waals surface area contributed by atoms with Crippen molar-refractivity contribution in [3.63, 3.8) is 0 Å². The van der Waals surface area contributed by atoms with Crippen LogP contribution in [0.5, 0.6) is 0 Å². The van der Waals surface area contributed by atoms with Crippen LogP contribution in [0.1, 0.15) is 38.3 Å². The molecule has 4 heteroatoms. The van der Waals surface area contributed by atoms with Gasteiger partial charge < -0.3 is 5.43 Å². The number of nitrogens with one attached hydrogen (secondary N) is 1. The summed E-state index contributed by atoms with van der Waals surface area (Å²) in [5, 5.41) is 0. The first-order chi connectivity index (χ1) is 8.29. The number of nitrogen functional groups attached to an aromatic ring is 1. The zero-order valence-electron chi connectivity index (χ0n) is 10.5. The molecule has 1 fully saturated rings. The van der Waals surface area contributed by atoms with Crippen LogP contribution in [0.15, 0.2) is 18.2 Å². The summed E-state index contributed by atoms with van der Waals surface area (Å²) in [5.74, 6) is 6.12. The third-order valence-corrected chi connectivity index (χ3v) is 3.51. The Morgan fingerprint density at radius 3 is 3.12 bits per heavy atom. The molecular formula is C13H22N4. The van der Waals surface area contributed by atoms with Gasteiger partial charge in [0.25, 0.3) is 0 Å². The van der Waals surface area contributed by atoms with Gasteiger partial charge in [-0.1, -0.05) is 18.9 Å². The lowest BCUT2D eigenvalue weighted by molar-refractivity contribution is 0.202. The number of hydrogen-bond acceptors (Lipinski definition) is 4. The quantitative estimate of drug-likeness (QED) is 0.621. The average molecular weight is 234 g/mol. The van der Waals surface area contributed by atoms with E-state index in [-0.39, 0.29) is 0 Å². The van der Waals surface area contributed by atoms with Gasteiger partial charge in [-0.3, -0.25) is 4.90 Å². The smallest absolute Gasteiger partial charge is 0.140 e. The van der Waals surface area contributed by atoms with Crippen LogP contribution in [0, 0.1) is 0 Å². The van der Waals surface area contributed by atoms with Crippen molar-refractivity contribution in [2.45, 2.75) is 45.2 Å². The molecular weight excluding hydrogens is 212 g/mol. The molecule has 3 N–H and O–H groups in total. The van der Waals surface area contributed by atoms with Gasteiger partial charge in [0.2, 0.25) is 0 Å². The van der Waals surface area contributed by atoms with Crippen molar-refractivity contribution in [3.05, 3.63) is 23.9 Å². The van der Waals surface area contributed by atoms with E-state index >= 15 is 0 Å². The lowest BCUT2D eigenvalue weighted by Crippen LogP contribution is -2.32. The lowest BCUT2D eigenvalue weighted by atomic mass is 10.1. The molecule has 2 heterocycles. The molecule has 1 aliphatic heterocycles. The highest BCUT2D eigenvalue weighted by molar-refractivity contribution is 5.33. The number of nitrogens with zero attached hydrogens (tertiary/aromatic N) is 2. The Bertz CT molecular complexity index is 353. The molecule has 2 rings (SSSR count). The SMILES string of the molecule is CC1CCCCCN1Cc1cccc(NN)n1. The fraction of sp³-hybridized carbons (Fsp3) is 0.615. The molecule has 1 aromatic heterocycles. The van der Waals surface area contributed by atoms with E-state index in [1.807, 2.05) is 12.1 Å². The zero-order chi connectivity index (χ0) is 12.1. The van der Waals surface area contributed by atoms with Gasteiger partial charge in [0, 0.05) is 12.6 Å². The highest BCUT2D eigenvalue weighted by Crippen LogP contribution is 2.18. The molecule has 0 radical (unpaired) electrons. The second-order valence-electron chi connectivity index (χ2n) is 4.83. The van der Waals surface area contributed by atoms with Gasteiger partial charge in [0.05, 0.1) is 5.69 Å². The molecule has 0 bridgehead atoms. The standard InChI is InChI=1S/C13H22N4/c1-11-6-3-2-4-9-17(11)10-12-7-5-8-13(15-12)16-14/h5,7-8,11H,2-4,6,9-10,14H2,1H3,(H,15,16). The van der Waals surface area contributed by atoms with E-state index in [4.69, 9.17) is 5.84 Å². The predicted octanol–water partition coefficient (Wildman–Crippen LogP) is 2.13. The molecule has 17 heavy (non-hydrogen) atoms. The van der Waals surface area contributed by atoms with E-state index in [9.17, 15) is 0 Å². The third kappa shape index (κ3) is 3.41. The van der Waals surface area contributed by atoms with Crippen LogP contribution >= 0.6 is 0 Å². The van der Waals surface area contributed by atoms with E-state index in [0.29, 0.717) is 6.04 Å². The van der Waals surface area contributed by atoms with Gasteiger partial charge in [-0.05, 0) is 38.4 Å². The second kappa shape index (κ2) is 5.98. The number of nitrogens with two attached hydrogens (primary N) is 1. The van der Waals surface area contributed by atoms with Crippen molar-refractivity contribution in [3.8, 4) is 0 Å². The Balaban J connectivity index is 2.02. The summed E-state index contributed by atoms with van der Waals surface area (Å²) >= 11 is 0. The minimum Gasteiger partial charge on any atom is -0.308 e. The predicted molar refractivity (Wildman–Crippen MR) is 70.4 cm³/mol. The third-order valence-electron chi connectivity index (χ3n) is 3.51. The summed E-state index contributed by atoms with van der Waals surface area (Å²) in [5.41, 5.74) is 3.69. The Hall–Kier alpha value is -1.13. The van der Waals surface area contributed by atoms with Crippen molar-refractivity contribution in [2.24, 2.45) is 5.84 Å². The minimum absolute atomic E-state index is 0.661. The summed E-state index contributed by atoms with van der Waals surface area (Å²) in [6, 6.07) is 6.61. The average Bonchev–Trinajstić information content (AvgIpc) is 2.55. The normalized spacial score (nSPS) is 22.1. The second-order valence-corrected chi connectivity index (χ2v) is 4.83. The Morgan fingerprint density at radius 1 is 1.41 bits per heavy atom. The van der Waals surface area contributed by atoms with Gasteiger partial charge >= 0.3 is 0 Å². The molecule has 0 spiro atoms. The Morgan fingerprint density at radius 2 is 2.29 bits per heavy atom. The van der Waals surface area contributed by atoms with Crippen LogP contribution in [0.3, 0.4) is 0 Å². The molecule has 1 atom stereocenters. The van der Waals surface area contributed by atoms with Crippen LogP contribution < -0.4 is 11.3 Å². The Labute approximate surface area is 103 Å². The minimum atomic E-state index is 0.661. The molecule has 1 aliphatic rings. The maximum Gasteiger partial charge on any atom is 0.140 e. The molecule has 1 aromatic rings. The van der Waals surface area contributed by atoms with Crippen molar-refractivity contribution in [1.29, 1.82) is 0 Å². The number of anilines is 1. The first kappa shape index (κ1) is 12.3. The molecule has 1 saturated heterocycles. The molecule has 0 aromatic carbocycles. The molecule has 1 unspecified atom stereocenters. The van der Waals surface area contributed by atoms with Crippen molar-refractivity contribution >= 4 is 5.82 Å². The summed E-state index contributed by atoms with van der Waals surface area (Å²) in [4.78, 5) is 7.00. The first-order valence-corrected chi connectivity index (χ1v) is 6.46. The number of pyridine rings is 1. The Kier molecular flexibility index (Phi) is 4.34. The largest absolute Gasteiger partial charge is 0.308 e. The van der Waals surface area contributed by atoms with Crippen LogP contribution in [-0.4, -0.2) is 22.5 Å². The van der Waals surface area contributed by atoms with Crippen LogP contribution in [-0.2, 0) is 6.54 Å². The van der Waals surface area contributed by atoms with Gasteiger partial charge in [-0.2, -0.15) is 0 Å². The van der Waals surface area contributed by atoms with Gasteiger partial charge in [-0.25, -0.2) is 10.8 Å². The summed E-state index contributed by atoms with van der Waals surface area (Å²) in [6.45, 7) is 4.43. The number of rotatable bonds is 3. The van der Waals surface area contributed by atoms with Crippen LogP contribution in [0.2, 0.25) is 0 Å². The van der Waals surface area contributed by atoms with Crippen molar-refractivity contribution in [2.75, 3.05) is 12.0 Å². The van der Waals surface area contributed by atoms with E-state index in [1.165, 1.54) is 32.2 Å². The summed E-state index contributed by atoms with van der Waals surface area (Å²) in [6.07, 6.45) is 5.32. The fourth-order valence-corrected chi connectivity index (χ4v) is 2.43. The highest BCUT2D eigenvalue weighted by atomic mass is 15.3. The maximum atomic E-state index is 5.38. The van der Waals surface area contributed by atoms with E-state index < -0.39 is 0 Å². The topological polar surface area (TPSA) is 54.2 Å². The summed E-state index contributed by atoms with van der Waals surface area (Å²) < 4.78 is 0. The number of hydrazine groups is 1. The molecule has 0 amide bonds. The molecule has 0 aliphatic carbocycles. The van der Waals surface area contributed by atoms with Gasteiger partial charge in [0.1, 0.15) is 5.82 Å². The first-order valence-electron chi connectivity index (χ1n) is 6.46. The molecule has 4 nitrogen and oxygen atoms in total. The highest BCUT2D eigenvalue weighted by Gasteiger charge is 2.17. The van der Waals surface area contributed by atoms with Gasteiger partial charge in [0.15, 0.2) is 0 Å². The van der Waals surface area contributed by atoms with Crippen LogP contribution in [0.25, 0.3) is 0 Å². The zero-order valence-corrected chi connectivity index (χ0v) is 10.5. The number of hydrogen-bond donors (Lipinski definition) is 2. The summed E-state index contributed by atoms with van der Waals surface area (Å²) in [7, 11) is 0. The van der Waals surface area contributed by atoms with E-state index in [1.54, 1.807) is 0 Å². The number of likely N-dealkylation sites (tertiary alicyclic amines) is 1. The molecule has 94 valence electrons. The number of aromatic nitrogens is 1. The lowest BCUT2D eigenvalue weighted by Gasteiger charge is -2.26. The van der Waals surface area contributed by atoms with E-state index in [2.05, 4.69) is 28.3 Å². The van der Waals surface area contributed by atoms with Crippen molar-refractivity contribution < 1.29 is 0 Å². The fourth-order valence-electron chi connectivity index (χ4n) is 2.43.